The van der Waals surface area contributed by atoms with Crippen molar-refractivity contribution in [2.75, 3.05) is 14.2 Å². The fourth-order valence-corrected chi connectivity index (χ4v) is 5.08. The summed E-state index contributed by atoms with van der Waals surface area (Å²) in [6, 6.07) is 19.2. The van der Waals surface area contributed by atoms with Crippen molar-refractivity contribution in [3.8, 4) is 23.0 Å². The number of amides is 1. The Labute approximate surface area is 209 Å². The summed E-state index contributed by atoms with van der Waals surface area (Å²) < 4.78 is 10.6. The molecule has 0 aromatic heterocycles. The van der Waals surface area contributed by atoms with Crippen molar-refractivity contribution in [1.29, 1.82) is 0 Å². The number of phenolic OH excluding ortho intramolecular Hbond substituents is 2. The van der Waals surface area contributed by atoms with Crippen molar-refractivity contribution in [3.63, 3.8) is 0 Å². The molecule has 0 radical (unpaired) electrons. The molecule has 184 valence electrons. The van der Waals surface area contributed by atoms with Crippen molar-refractivity contribution >= 4 is 17.7 Å². The number of aromatic hydroxyl groups is 2. The predicted molar refractivity (Wildman–Crippen MR) is 137 cm³/mol. The first-order valence-corrected chi connectivity index (χ1v) is 11.9. The van der Waals surface area contributed by atoms with Crippen LogP contribution in [-0.2, 0) is 0 Å². The number of ether oxygens (including phenoxy) is 2. The third-order valence-corrected chi connectivity index (χ3v) is 6.82. The van der Waals surface area contributed by atoms with Crippen molar-refractivity contribution in [2.45, 2.75) is 25.3 Å². The molecule has 1 saturated carbocycles. The Morgan fingerprint density at radius 1 is 0.972 bits per heavy atom. The van der Waals surface area contributed by atoms with Gasteiger partial charge in [0.05, 0.1) is 26.0 Å². The van der Waals surface area contributed by atoms with Crippen LogP contribution in [0.4, 0.5) is 0 Å². The smallest absolute Gasteiger partial charge is 0.274 e. The van der Waals surface area contributed by atoms with E-state index >= 15 is 0 Å². The largest absolute Gasteiger partial charge is 0.504 e. The second kappa shape index (κ2) is 9.77. The van der Waals surface area contributed by atoms with E-state index in [1.807, 2.05) is 30.3 Å². The molecule has 2 aliphatic rings. The maximum Gasteiger partial charge on any atom is 0.274 e. The van der Waals surface area contributed by atoms with E-state index in [2.05, 4.69) is 6.08 Å². The number of hydrazone groups is 1. The zero-order chi connectivity index (χ0) is 25.2. The van der Waals surface area contributed by atoms with E-state index in [1.165, 1.54) is 14.2 Å². The van der Waals surface area contributed by atoms with Gasteiger partial charge in [0.25, 0.3) is 5.91 Å². The van der Waals surface area contributed by atoms with E-state index in [-0.39, 0.29) is 29.4 Å². The second-order valence-electron chi connectivity index (χ2n) is 8.98. The molecule has 3 aromatic rings. The quantitative estimate of drug-likeness (QED) is 0.495. The van der Waals surface area contributed by atoms with Crippen molar-refractivity contribution < 1.29 is 24.5 Å². The van der Waals surface area contributed by atoms with Gasteiger partial charge in [-0.25, -0.2) is 5.01 Å². The summed E-state index contributed by atoms with van der Waals surface area (Å²) in [5.74, 6) is 0.703. The number of allylic oxidation sites excluding steroid dienone is 1. The van der Waals surface area contributed by atoms with Gasteiger partial charge in [-0.15, -0.1) is 0 Å². The van der Waals surface area contributed by atoms with Gasteiger partial charge in [0.1, 0.15) is 0 Å². The Morgan fingerprint density at radius 2 is 1.67 bits per heavy atom. The van der Waals surface area contributed by atoms with E-state index in [0.29, 0.717) is 17.1 Å². The molecule has 2 unspecified atom stereocenters. The molecule has 1 heterocycles. The molecule has 0 spiro atoms. The molecular formula is C29H28N2O5. The number of methoxy groups -OCH3 is 2. The Hall–Kier alpha value is -4.26. The average molecular weight is 485 g/mol. The molecule has 5 rings (SSSR count). The molecule has 2 atom stereocenters. The lowest BCUT2D eigenvalue weighted by Gasteiger charge is -2.30. The summed E-state index contributed by atoms with van der Waals surface area (Å²) in [6.07, 6.45) is 4.71. The molecule has 1 fully saturated rings. The summed E-state index contributed by atoms with van der Waals surface area (Å²) >= 11 is 0. The number of nitrogens with zero attached hydrogens (tertiary/aromatic N) is 2. The van der Waals surface area contributed by atoms with Gasteiger partial charge < -0.3 is 19.7 Å². The van der Waals surface area contributed by atoms with Crippen LogP contribution in [0.1, 0.15) is 46.8 Å². The number of hydrogen-bond acceptors (Lipinski definition) is 6. The minimum Gasteiger partial charge on any atom is -0.504 e. The van der Waals surface area contributed by atoms with Gasteiger partial charge in [0, 0.05) is 11.5 Å². The maximum absolute atomic E-state index is 13.7. The standard InChI is InChI=1S/C29H28N2O5/c1-35-25-16-18(11-13-23(25)32)15-20-9-6-10-22-27(20)30-31(29(34)19-7-4-3-5-8-19)28(22)21-12-14-24(33)26(17-21)36-2/h3-5,7-8,11-17,22,28,32-33H,6,9-10H2,1-2H3. The first kappa shape index (κ1) is 23.5. The van der Waals surface area contributed by atoms with E-state index in [4.69, 9.17) is 14.6 Å². The molecule has 7 nitrogen and oxygen atoms in total. The summed E-state index contributed by atoms with van der Waals surface area (Å²) in [5.41, 5.74) is 4.24. The molecule has 1 aliphatic carbocycles. The summed E-state index contributed by atoms with van der Waals surface area (Å²) in [5, 5.41) is 26.6. The Bertz CT molecular complexity index is 1350. The molecule has 36 heavy (non-hydrogen) atoms. The van der Waals surface area contributed by atoms with Crippen molar-refractivity contribution in [1.82, 2.24) is 5.01 Å². The molecular weight excluding hydrogens is 456 g/mol. The maximum atomic E-state index is 13.7. The van der Waals surface area contributed by atoms with Gasteiger partial charge >= 0.3 is 0 Å². The van der Waals surface area contributed by atoms with Crippen LogP contribution in [0.3, 0.4) is 0 Å². The Balaban J connectivity index is 1.59. The highest BCUT2D eigenvalue weighted by Gasteiger charge is 2.44. The van der Waals surface area contributed by atoms with Crippen LogP contribution in [0.5, 0.6) is 23.0 Å². The number of rotatable bonds is 5. The predicted octanol–water partition coefficient (Wildman–Crippen LogP) is 5.55. The average Bonchev–Trinajstić information content (AvgIpc) is 3.30. The highest BCUT2D eigenvalue weighted by Crippen LogP contribution is 2.46. The third kappa shape index (κ3) is 4.28. The lowest BCUT2D eigenvalue weighted by molar-refractivity contribution is 0.0680. The molecule has 0 bridgehead atoms. The van der Waals surface area contributed by atoms with Gasteiger partial charge in [-0.3, -0.25) is 4.79 Å². The molecule has 3 aromatic carbocycles. The zero-order valence-corrected chi connectivity index (χ0v) is 20.2. The SMILES string of the molecule is COc1cc(C=C2CCCC3C2=NN(C(=O)c2ccccc2)C3c2ccc(O)c(OC)c2)ccc1O. The molecule has 0 saturated heterocycles. The van der Waals surface area contributed by atoms with Gasteiger partial charge in [0.15, 0.2) is 23.0 Å². The first-order chi connectivity index (χ1) is 17.5. The fourth-order valence-electron chi connectivity index (χ4n) is 5.08. The number of carbonyl (C=O) groups is 1. The molecule has 7 heteroatoms. The second-order valence-corrected chi connectivity index (χ2v) is 8.98. The van der Waals surface area contributed by atoms with Crippen molar-refractivity contribution in [2.24, 2.45) is 11.0 Å². The topological polar surface area (TPSA) is 91.6 Å². The minimum absolute atomic E-state index is 0.00841. The Morgan fingerprint density at radius 3 is 2.39 bits per heavy atom. The van der Waals surface area contributed by atoms with Crippen LogP contribution in [-0.4, -0.2) is 41.1 Å². The summed E-state index contributed by atoms with van der Waals surface area (Å²) in [4.78, 5) is 13.7. The number of fused-ring (bicyclic) bond motifs is 1. The molecule has 1 amide bonds. The normalized spacial score (nSPS) is 20.1. The van der Waals surface area contributed by atoms with E-state index in [9.17, 15) is 15.0 Å². The van der Waals surface area contributed by atoms with Crippen LogP contribution in [0.25, 0.3) is 6.08 Å². The number of hydrogen-bond donors (Lipinski definition) is 2. The van der Waals surface area contributed by atoms with Crippen LogP contribution in [0.15, 0.2) is 77.4 Å². The fraction of sp³-hybridized carbons (Fsp3) is 0.241. The van der Waals surface area contributed by atoms with Crippen LogP contribution in [0, 0.1) is 5.92 Å². The summed E-state index contributed by atoms with van der Waals surface area (Å²) in [7, 11) is 3.03. The van der Waals surface area contributed by atoms with E-state index in [0.717, 1.165) is 41.7 Å². The lowest BCUT2D eigenvalue weighted by atomic mass is 9.77. The van der Waals surface area contributed by atoms with Crippen LogP contribution >= 0.6 is 0 Å². The monoisotopic (exact) mass is 484 g/mol. The van der Waals surface area contributed by atoms with E-state index in [1.54, 1.807) is 41.4 Å². The zero-order valence-electron chi connectivity index (χ0n) is 20.2. The molecule has 2 N–H and O–H groups in total. The third-order valence-electron chi connectivity index (χ3n) is 6.82. The van der Waals surface area contributed by atoms with E-state index < -0.39 is 0 Å². The number of phenols is 2. The van der Waals surface area contributed by atoms with Gasteiger partial charge in [0.2, 0.25) is 0 Å². The van der Waals surface area contributed by atoms with Gasteiger partial charge in [-0.2, -0.15) is 5.10 Å². The van der Waals surface area contributed by atoms with Crippen molar-refractivity contribution in [3.05, 3.63) is 89.0 Å². The molecule has 1 aliphatic heterocycles. The Kier molecular flexibility index (Phi) is 6.38. The number of carbonyl (C=O) groups excluding carboxylic acids is 1. The minimum atomic E-state index is -0.333. The summed E-state index contributed by atoms with van der Waals surface area (Å²) in [6.45, 7) is 0. The highest BCUT2D eigenvalue weighted by molar-refractivity contribution is 6.09. The van der Waals surface area contributed by atoms with Gasteiger partial charge in [-0.1, -0.05) is 30.3 Å². The first-order valence-electron chi connectivity index (χ1n) is 11.9. The van der Waals surface area contributed by atoms with Crippen LogP contribution < -0.4 is 9.47 Å². The van der Waals surface area contributed by atoms with Gasteiger partial charge in [-0.05, 0) is 78.4 Å². The lowest BCUT2D eigenvalue weighted by Crippen LogP contribution is -2.31. The van der Waals surface area contributed by atoms with Crippen LogP contribution in [0.2, 0.25) is 0 Å². The highest BCUT2D eigenvalue weighted by atomic mass is 16.5. The number of benzene rings is 3.